The van der Waals surface area contributed by atoms with Crippen molar-refractivity contribution in [1.82, 2.24) is 5.32 Å². The summed E-state index contributed by atoms with van der Waals surface area (Å²) in [5.41, 5.74) is 1.83. The normalized spacial score (nSPS) is 17.2. The molecule has 1 amide bonds. The summed E-state index contributed by atoms with van der Waals surface area (Å²) in [7, 11) is -0.580. The minimum absolute atomic E-state index is 0.214. The van der Waals surface area contributed by atoms with Gasteiger partial charge in [0.1, 0.15) is 6.61 Å². The highest BCUT2D eigenvalue weighted by Crippen LogP contribution is 2.39. The third-order valence-corrected chi connectivity index (χ3v) is 6.37. The van der Waals surface area contributed by atoms with Gasteiger partial charge < -0.3 is 19.4 Å². The molecule has 0 bridgehead atoms. The highest BCUT2D eigenvalue weighted by molar-refractivity contribution is 6.56. The Morgan fingerprint density at radius 3 is 2.27 bits per heavy atom. The molecule has 3 aromatic carbocycles. The first-order valence-electron chi connectivity index (χ1n) is 11.2. The molecule has 1 aliphatic rings. The van der Waals surface area contributed by atoms with Gasteiger partial charge in [0.25, 0.3) is 0 Å². The Morgan fingerprint density at radius 2 is 1.55 bits per heavy atom. The quantitative estimate of drug-likeness (QED) is 0.491. The maximum Gasteiger partial charge on any atom is 0.492 e. The fraction of sp³-hybridized carbons (Fsp3) is 0.296. The van der Waals surface area contributed by atoms with E-state index >= 15 is 0 Å². The minimum atomic E-state index is -0.580. The van der Waals surface area contributed by atoms with Crippen molar-refractivity contribution in [3.63, 3.8) is 0 Å². The lowest BCUT2D eigenvalue weighted by atomic mass is 9.76. The zero-order valence-electron chi connectivity index (χ0n) is 19.6. The number of benzene rings is 3. The standard InChI is InChI=1S/C27H30BNO4/c1-26(2)27(3,4)33-28(32-26)23(17-22-15-10-14-21-13-8-9-16-24(21)22)18-29-25(30)31-19-20-11-6-5-7-12-20/h5-17H,18-19H2,1-4H3,(H,29,30). The Bertz CT molecular complexity index is 1140. The molecule has 0 spiro atoms. The van der Waals surface area contributed by atoms with Crippen molar-refractivity contribution >= 4 is 30.1 Å². The predicted molar refractivity (Wildman–Crippen MR) is 133 cm³/mol. The summed E-state index contributed by atoms with van der Waals surface area (Å²) in [6.45, 7) is 8.53. The van der Waals surface area contributed by atoms with E-state index in [4.69, 9.17) is 14.0 Å². The van der Waals surface area contributed by atoms with Gasteiger partial charge >= 0.3 is 13.2 Å². The number of fused-ring (bicyclic) bond motifs is 1. The van der Waals surface area contributed by atoms with E-state index in [0.29, 0.717) is 0 Å². The van der Waals surface area contributed by atoms with Crippen LogP contribution in [0.4, 0.5) is 4.79 Å². The first-order valence-corrected chi connectivity index (χ1v) is 11.2. The zero-order valence-corrected chi connectivity index (χ0v) is 19.6. The summed E-state index contributed by atoms with van der Waals surface area (Å²) in [4.78, 5) is 12.4. The molecule has 0 radical (unpaired) electrons. The molecule has 6 heteroatoms. The van der Waals surface area contributed by atoms with E-state index in [0.717, 1.165) is 27.4 Å². The molecule has 5 nitrogen and oxygen atoms in total. The van der Waals surface area contributed by atoms with Crippen molar-refractivity contribution in [1.29, 1.82) is 0 Å². The predicted octanol–water partition coefficient (Wildman–Crippen LogP) is 5.78. The van der Waals surface area contributed by atoms with Crippen molar-refractivity contribution in [2.75, 3.05) is 6.54 Å². The van der Waals surface area contributed by atoms with Crippen LogP contribution >= 0.6 is 0 Å². The second-order valence-corrected chi connectivity index (χ2v) is 9.29. The molecule has 1 saturated heterocycles. The van der Waals surface area contributed by atoms with Crippen LogP contribution in [-0.4, -0.2) is 31.0 Å². The maximum atomic E-state index is 12.4. The third kappa shape index (κ3) is 5.29. The summed E-state index contributed by atoms with van der Waals surface area (Å²) in [6, 6.07) is 24.0. The second kappa shape index (κ2) is 9.42. The zero-order chi connectivity index (χ0) is 23.5. The van der Waals surface area contributed by atoms with E-state index in [1.54, 1.807) is 0 Å². The molecule has 3 aromatic rings. The van der Waals surface area contributed by atoms with Crippen molar-refractivity contribution in [2.24, 2.45) is 0 Å². The third-order valence-electron chi connectivity index (χ3n) is 6.37. The molecule has 0 aromatic heterocycles. The molecule has 0 aliphatic carbocycles. The number of carbonyl (C=O) groups excluding carboxylic acids is 1. The summed E-state index contributed by atoms with van der Waals surface area (Å²) < 4.78 is 18.0. The van der Waals surface area contributed by atoms with E-state index in [9.17, 15) is 4.79 Å². The molecule has 1 N–H and O–H groups in total. The molecule has 170 valence electrons. The number of hydrogen-bond donors (Lipinski definition) is 1. The molecule has 1 heterocycles. The summed E-state index contributed by atoms with van der Waals surface area (Å²) >= 11 is 0. The van der Waals surface area contributed by atoms with Crippen LogP contribution in [0.15, 0.2) is 78.3 Å². The van der Waals surface area contributed by atoms with Crippen molar-refractivity contribution < 1.29 is 18.8 Å². The molecule has 1 aliphatic heterocycles. The number of nitrogens with one attached hydrogen (secondary N) is 1. The van der Waals surface area contributed by atoms with Crippen molar-refractivity contribution in [3.8, 4) is 0 Å². The number of alkyl carbamates (subject to hydrolysis) is 1. The lowest BCUT2D eigenvalue weighted by molar-refractivity contribution is 0.00578. The minimum Gasteiger partial charge on any atom is -0.445 e. The van der Waals surface area contributed by atoms with Gasteiger partial charge in [0.15, 0.2) is 0 Å². The maximum absolute atomic E-state index is 12.4. The Balaban J connectivity index is 1.55. The summed E-state index contributed by atoms with van der Waals surface area (Å²) in [5.74, 6) is 0. The first kappa shape index (κ1) is 23.1. The van der Waals surface area contributed by atoms with Gasteiger partial charge in [-0.05, 0) is 55.1 Å². The fourth-order valence-corrected chi connectivity index (χ4v) is 3.72. The lowest BCUT2D eigenvalue weighted by Crippen LogP contribution is -2.41. The Labute approximate surface area is 195 Å². The monoisotopic (exact) mass is 443 g/mol. The smallest absolute Gasteiger partial charge is 0.445 e. The highest BCUT2D eigenvalue weighted by atomic mass is 16.7. The molecule has 0 unspecified atom stereocenters. The molecule has 4 rings (SSSR count). The molecule has 1 fully saturated rings. The van der Waals surface area contributed by atoms with Crippen LogP contribution in [-0.2, 0) is 20.7 Å². The molecule has 0 atom stereocenters. The van der Waals surface area contributed by atoms with Gasteiger partial charge in [0.2, 0.25) is 0 Å². The molecule has 33 heavy (non-hydrogen) atoms. The van der Waals surface area contributed by atoms with Crippen LogP contribution in [0.5, 0.6) is 0 Å². The van der Waals surface area contributed by atoms with Crippen LogP contribution in [0.2, 0.25) is 0 Å². The van der Waals surface area contributed by atoms with E-state index in [-0.39, 0.29) is 13.2 Å². The number of rotatable bonds is 6. The van der Waals surface area contributed by atoms with E-state index in [1.165, 1.54) is 0 Å². The first-order chi connectivity index (χ1) is 15.7. The number of ether oxygens (including phenoxy) is 1. The second-order valence-electron chi connectivity index (χ2n) is 9.29. The Morgan fingerprint density at radius 1 is 0.909 bits per heavy atom. The van der Waals surface area contributed by atoms with Crippen LogP contribution in [0, 0.1) is 0 Å². The average Bonchev–Trinajstić information content (AvgIpc) is 3.02. The van der Waals surface area contributed by atoms with Crippen LogP contribution < -0.4 is 5.32 Å². The largest absolute Gasteiger partial charge is 0.492 e. The van der Waals surface area contributed by atoms with Gasteiger partial charge in [-0.3, -0.25) is 0 Å². The van der Waals surface area contributed by atoms with Gasteiger partial charge in [0.05, 0.1) is 11.2 Å². The number of amides is 1. The van der Waals surface area contributed by atoms with Crippen LogP contribution in [0.1, 0.15) is 38.8 Å². The van der Waals surface area contributed by atoms with Gasteiger partial charge in [-0.15, -0.1) is 0 Å². The van der Waals surface area contributed by atoms with Crippen LogP contribution in [0.25, 0.3) is 16.8 Å². The Kier molecular flexibility index (Phi) is 6.59. The van der Waals surface area contributed by atoms with Gasteiger partial charge in [-0.1, -0.05) is 78.9 Å². The van der Waals surface area contributed by atoms with Crippen molar-refractivity contribution in [3.05, 3.63) is 89.4 Å². The Hall–Kier alpha value is -3.09. The van der Waals surface area contributed by atoms with Crippen molar-refractivity contribution in [2.45, 2.75) is 45.5 Å². The molecular formula is C27H30BNO4. The fourth-order valence-electron chi connectivity index (χ4n) is 3.72. The summed E-state index contributed by atoms with van der Waals surface area (Å²) in [6.07, 6.45) is 1.56. The SMILES string of the molecule is CC1(C)OB(C(=Cc2cccc3ccccc23)CNC(=O)OCc2ccccc2)OC1(C)C. The van der Waals surface area contributed by atoms with Gasteiger partial charge in [0, 0.05) is 6.54 Å². The van der Waals surface area contributed by atoms with Crippen LogP contribution in [0.3, 0.4) is 0 Å². The number of carbonyl (C=O) groups is 1. The van der Waals surface area contributed by atoms with E-state index < -0.39 is 24.4 Å². The topological polar surface area (TPSA) is 56.8 Å². The summed E-state index contributed by atoms with van der Waals surface area (Å²) in [5, 5.41) is 5.14. The number of hydrogen-bond acceptors (Lipinski definition) is 4. The van der Waals surface area contributed by atoms with E-state index in [1.807, 2.05) is 82.3 Å². The molecule has 0 saturated carbocycles. The van der Waals surface area contributed by atoms with E-state index in [2.05, 4.69) is 29.6 Å². The molecular weight excluding hydrogens is 413 g/mol. The van der Waals surface area contributed by atoms with Gasteiger partial charge in [-0.25, -0.2) is 4.79 Å². The highest BCUT2D eigenvalue weighted by Gasteiger charge is 2.52. The average molecular weight is 443 g/mol. The lowest BCUT2D eigenvalue weighted by Gasteiger charge is -2.32. The van der Waals surface area contributed by atoms with Gasteiger partial charge in [-0.2, -0.15) is 0 Å².